The quantitative estimate of drug-likeness (QED) is 0.788. The summed E-state index contributed by atoms with van der Waals surface area (Å²) in [6.07, 6.45) is 1.11. The summed E-state index contributed by atoms with van der Waals surface area (Å²) in [6, 6.07) is 11.4. The number of benzene rings is 1. The zero-order chi connectivity index (χ0) is 14.7. The topological polar surface area (TPSA) is 86.9 Å². The number of aromatic amines is 1. The van der Waals surface area contributed by atoms with Crippen molar-refractivity contribution in [2.75, 3.05) is 6.54 Å². The van der Waals surface area contributed by atoms with Crippen molar-refractivity contribution in [1.29, 1.82) is 0 Å². The Bertz CT molecular complexity index is 641. The minimum absolute atomic E-state index is 0.0290. The molecule has 1 aromatic carbocycles. The van der Waals surface area contributed by atoms with Crippen LogP contribution in [0.25, 0.3) is 11.3 Å². The zero-order valence-corrected chi connectivity index (χ0v) is 11.4. The Kier molecular flexibility index (Phi) is 3.68. The number of rotatable bonds is 3. The first-order chi connectivity index (χ1) is 10.2. The molecule has 1 atom stereocenters. The van der Waals surface area contributed by atoms with E-state index in [-0.39, 0.29) is 17.9 Å². The van der Waals surface area contributed by atoms with Crippen molar-refractivity contribution >= 4 is 11.8 Å². The van der Waals surface area contributed by atoms with E-state index >= 15 is 0 Å². The smallest absolute Gasteiger partial charge is 0.269 e. The standard InChI is InChI=1S/C15H16N4O2/c20-14-7-6-11(9-16-14)17-15(21)13-8-12(18-19-13)10-4-2-1-3-5-10/h1-5,8,11H,6-7,9H2,(H,16,20)(H,17,21)(H,18,19). The van der Waals surface area contributed by atoms with Gasteiger partial charge in [0.15, 0.2) is 0 Å². The van der Waals surface area contributed by atoms with Crippen molar-refractivity contribution in [2.24, 2.45) is 0 Å². The molecule has 3 N–H and O–H groups in total. The first kappa shape index (κ1) is 13.4. The lowest BCUT2D eigenvalue weighted by atomic mass is 10.1. The molecule has 1 aromatic heterocycles. The summed E-state index contributed by atoms with van der Waals surface area (Å²) in [5, 5.41) is 12.5. The van der Waals surface area contributed by atoms with Crippen LogP contribution in [-0.4, -0.2) is 34.6 Å². The molecule has 0 saturated carbocycles. The van der Waals surface area contributed by atoms with E-state index in [1.54, 1.807) is 6.07 Å². The fraction of sp³-hybridized carbons (Fsp3) is 0.267. The maximum absolute atomic E-state index is 12.1. The van der Waals surface area contributed by atoms with Crippen LogP contribution in [0.3, 0.4) is 0 Å². The Labute approximate surface area is 121 Å². The van der Waals surface area contributed by atoms with Gasteiger partial charge in [-0.05, 0) is 12.5 Å². The number of hydrogen-bond donors (Lipinski definition) is 3. The number of nitrogens with zero attached hydrogens (tertiary/aromatic N) is 1. The second kappa shape index (κ2) is 5.78. The molecule has 1 unspecified atom stereocenters. The highest BCUT2D eigenvalue weighted by molar-refractivity contribution is 5.93. The maximum atomic E-state index is 12.1. The number of aromatic nitrogens is 2. The molecule has 0 radical (unpaired) electrons. The first-order valence-corrected chi connectivity index (χ1v) is 6.91. The molecule has 3 rings (SSSR count). The molecule has 2 aromatic rings. The third-order valence-corrected chi connectivity index (χ3v) is 3.49. The zero-order valence-electron chi connectivity index (χ0n) is 11.4. The van der Waals surface area contributed by atoms with Gasteiger partial charge in [0.25, 0.3) is 5.91 Å². The van der Waals surface area contributed by atoms with Crippen molar-refractivity contribution in [1.82, 2.24) is 20.8 Å². The van der Waals surface area contributed by atoms with E-state index in [1.165, 1.54) is 0 Å². The summed E-state index contributed by atoms with van der Waals surface area (Å²) in [5.74, 6) is -0.167. The largest absolute Gasteiger partial charge is 0.354 e. The summed E-state index contributed by atoms with van der Waals surface area (Å²) in [7, 11) is 0. The van der Waals surface area contributed by atoms with Crippen LogP contribution in [0, 0.1) is 0 Å². The van der Waals surface area contributed by atoms with Crippen molar-refractivity contribution in [2.45, 2.75) is 18.9 Å². The van der Waals surface area contributed by atoms with Crippen LogP contribution in [0.2, 0.25) is 0 Å². The first-order valence-electron chi connectivity index (χ1n) is 6.91. The van der Waals surface area contributed by atoms with Crippen LogP contribution >= 0.6 is 0 Å². The van der Waals surface area contributed by atoms with Crippen LogP contribution < -0.4 is 10.6 Å². The van der Waals surface area contributed by atoms with Crippen LogP contribution in [0.5, 0.6) is 0 Å². The van der Waals surface area contributed by atoms with Gasteiger partial charge in [0.05, 0.1) is 5.69 Å². The number of H-pyrrole nitrogens is 1. The number of nitrogens with one attached hydrogen (secondary N) is 3. The molecule has 21 heavy (non-hydrogen) atoms. The molecule has 0 bridgehead atoms. The molecule has 0 aliphatic carbocycles. The van der Waals surface area contributed by atoms with E-state index in [4.69, 9.17) is 0 Å². The van der Waals surface area contributed by atoms with Crippen molar-refractivity contribution in [3.63, 3.8) is 0 Å². The summed E-state index contributed by atoms with van der Waals surface area (Å²) < 4.78 is 0. The van der Waals surface area contributed by atoms with Gasteiger partial charge >= 0.3 is 0 Å². The number of carbonyl (C=O) groups excluding carboxylic acids is 2. The minimum atomic E-state index is -0.203. The second-order valence-electron chi connectivity index (χ2n) is 5.05. The fourth-order valence-electron chi connectivity index (χ4n) is 2.31. The predicted molar refractivity (Wildman–Crippen MR) is 77.5 cm³/mol. The van der Waals surface area contributed by atoms with Crippen LogP contribution in [-0.2, 0) is 4.79 Å². The molecular weight excluding hydrogens is 268 g/mol. The van der Waals surface area contributed by atoms with Crippen molar-refractivity contribution in [3.05, 3.63) is 42.1 Å². The van der Waals surface area contributed by atoms with Gasteiger partial charge in [0.2, 0.25) is 5.91 Å². The summed E-state index contributed by atoms with van der Waals surface area (Å²) in [4.78, 5) is 23.2. The molecule has 6 nitrogen and oxygen atoms in total. The van der Waals surface area contributed by atoms with Gasteiger partial charge in [-0.3, -0.25) is 14.7 Å². The lowest BCUT2D eigenvalue weighted by molar-refractivity contribution is -0.122. The number of piperidine rings is 1. The van der Waals surface area contributed by atoms with Gasteiger partial charge in [-0.15, -0.1) is 0 Å². The summed E-state index contributed by atoms with van der Waals surface area (Å²) in [6.45, 7) is 0.476. The average Bonchev–Trinajstić information content (AvgIpc) is 3.00. The highest BCUT2D eigenvalue weighted by Crippen LogP contribution is 2.17. The van der Waals surface area contributed by atoms with Gasteiger partial charge in [-0.25, -0.2) is 0 Å². The van der Waals surface area contributed by atoms with Gasteiger partial charge in [-0.2, -0.15) is 5.10 Å². The average molecular weight is 284 g/mol. The lowest BCUT2D eigenvalue weighted by Crippen LogP contribution is -2.47. The number of hydrogen-bond acceptors (Lipinski definition) is 3. The molecule has 1 aliphatic rings. The van der Waals surface area contributed by atoms with Crippen LogP contribution in [0.15, 0.2) is 36.4 Å². The monoisotopic (exact) mass is 284 g/mol. The molecule has 1 saturated heterocycles. The van der Waals surface area contributed by atoms with E-state index in [0.29, 0.717) is 25.1 Å². The number of amides is 2. The molecule has 6 heteroatoms. The van der Waals surface area contributed by atoms with Gasteiger partial charge in [0.1, 0.15) is 5.69 Å². The molecule has 0 spiro atoms. The van der Waals surface area contributed by atoms with Crippen LogP contribution in [0.4, 0.5) is 0 Å². The predicted octanol–water partition coefficient (Wildman–Crippen LogP) is 1.09. The van der Waals surface area contributed by atoms with E-state index in [0.717, 1.165) is 11.3 Å². The highest BCUT2D eigenvalue weighted by Gasteiger charge is 2.21. The third-order valence-electron chi connectivity index (χ3n) is 3.49. The van der Waals surface area contributed by atoms with Gasteiger partial charge in [-0.1, -0.05) is 30.3 Å². The van der Waals surface area contributed by atoms with E-state index in [1.807, 2.05) is 30.3 Å². The van der Waals surface area contributed by atoms with Gasteiger partial charge in [0, 0.05) is 24.6 Å². The lowest BCUT2D eigenvalue weighted by Gasteiger charge is -2.23. The minimum Gasteiger partial charge on any atom is -0.354 e. The summed E-state index contributed by atoms with van der Waals surface area (Å²) >= 11 is 0. The Morgan fingerprint density at radius 2 is 2.10 bits per heavy atom. The normalized spacial score (nSPS) is 18.1. The Morgan fingerprint density at radius 3 is 2.81 bits per heavy atom. The molecule has 1 fully saturated rings. The molecule has 108 valence electrons. The van der Waals surface area contributed by atoms with E-state index in [9.17, 15) is 9.59 Å². The fourth-order valence-corrected chi connectivity index (χ4v) is 2.31. The van der Waals surface area contributed by atoms with Crippen molar-refractivity contribution in [3.8, 4) is 11.3 Å². The van der Waals surface area contributed by atoms with E-state index in [2.05, 4.69) is 20.8 Å². The Balaban J connectivity index is 1.66. The third kappa shape index (κ3) is 3.10. The highest BCUT2D eigenvalue weighted by atomic mass is 16.2. The molecule has 1 aliphatic heterocycles. The van der Waals surface area contributed by atoms with Crippen LogP contribution in [0.1, 0.15) is 23.3 Å². The molecule has 2 amide bonds. The summed E-state index contributed by atoms with van der Waals surface area (Å²) in [5.41, 5.74) is 2.11. The van der Waals surface area contributed by atoms with Crippen molar-refractivity contribution < 1.29 is 9.59 Å². The Morgan fingerprint density at radius 1 is 1.29 bits per heavy atom. The second-order valence-corrected chi connectivity index (χ2v) is 5.05. The molecule has 2 heterocycles. The van der Waals surface area contributed by atoms with Gasteiger partial charge < -0.3 is 10.6 Å². The van der Waals surface area contributed by atoms with E-state index < -0.39 is 0 Å². The Hall–Kier alpha value is -2.63. The maximum Gasteiger partial charge on any atom is 0.269 e. The SMILES string of the molecule is O=C1CCC(NC(=O)c2cc(-c3ccccc3)n[nH]2)CN1. The molecular formula is C15H16N4O2. The number of carbonyl (C=O) groups is 2.